The number of nitrogens with one attached hydrogen (secondary N) is 1. The number of aromatic nitrogens is 2. The molecule has 0 aliphatic rings. The van der Waals surface area contributed by atoms with E-state index >= 15 is 0 Å². The molecule has 5 heteroatoms. The lowest BCUT2D eigenvalue weighted by atomic mass is 10.1. The summed E-state index contributed by atoms with van der Waals surface area (Å²) in [6.45, 7) is 2.62. The van der Waals surface area contributed by atoms with Gasteiger partial charge in [-0.15, -0.1) is 0 Å². The largest absolute Gasteiger partial charge is 0.399 e. The molecule has 5 nitrogen and oxygen atoms in total. The van der Waals surface area contributed by atoms with Crippen LogP contribution < -0.4 is 11.1 Å². The number of nitrogen functional groups attached to an aromatic ring is 1. The molecular formula is C14H18N4O. The summed E-state index contributed by atoms with van der Waals surface area (Å²) < 4.78 is 1.80. The second-order valence-corrected chi connectivity index (χ2v) is 4.62. The molecule has 1 aromatic heterocycles. The number of nitrogens with zero attached hydrogens (tertiary/aromatic N) is 2. The van der Waals surface area contributed by atoms with Gasteiger partial charge in [-0.05, 0) is 30.7 Å². The second-order valence-electron chi connectivity index (χ2n) is 4.62. The molecule has 1 amide bonds. The quantitative estimate of drug-likeness (QED) is 0.792. The number of carbonyl (C=O) groups is 1. The van der Waals surface area contributed by atoms with Gasteiger partial charge in [0.05, 0.1) is 13.0 Å². The maximum absolute atomic E-state index is 11.9. The summed E-state index contributed by atoms with van der Waals surface area (Å²) in [5, 5.41) is 7.05. The molecule has 19 heavy (non-hydrogen) atoms. The molecule has 2 rings (SSSR count). The molecule has 2 aromatic rings. The van der Waals surface area contributed by atoms with Crippen molar-refractivity contribution in [3.63, 3.8) is 0 Å². The van der Waals surface area contributed by atoms with Gasteiger partial charge in [-0.2, -0.15) is 5.10 Å². The van der Waals surface area contributed by atoms with Crippen molar-refractivity contribution in [2.75, 3.05) is 5.73 Å². The fraction of sp³-hybridized carbons (Fsp3) is 0.286. The van der Waals surface area contributed by atoms with Gasteiger partial charge in [-0.1, -0.05) is 12.1 Å². The first-order valence-corrected chi connectivity index (χ1v) is 6.24. The lowest BCUT2D eigenvalue weighted by Gasteiger charge is -2.14. The van der Waals surface area contributed by atoms with Gasteiger partial charge < -0.3 is 11.1 Å². The number of hydrogen-bond donors (Lipinski definition) is 2. The molecule has 1 aromatic carbocycles. The van der Waals surface area contributed by atoms with Gasteiger partial charge in [0.1, 0.15) is 0 Å². The maximum Gasteiger partial charge on any atom is 0.224 e. The summed E-state index contributed by atoms with van der Waals surface area (Å²) in [4.78, 5) is 11.9. The van der Waals surface area contributed by atoms with Crippen molar-refractivity contribution in [1.82, 2.24) is 15.1 Å². The zero-order chi connectivity index (χ0) is 13.7. The van der Waals surface area contributed by atoms with E-state index < -0.39 is 0 Å². The molecule has 100 valence electrons. The van der Waals surface area contributed by atoms with Gasteiger partial charge >= 0.3 is 0 Å². The van der Waals surface area contributed by atoms with Crippen LogP contribution in [0.1, 0.15) is 12.5 Å². The highest BCUT2D eigenvalue weighted by molar-refractivity contribution is 5.79. The Labute approximate surface area is 112 Å². The Balaban J connectivity index is 1.84. The van der Waals surface area contributed by atoms with Gasteiger partial charge in [-0.25, -0.2) is 0 Å². The van der Waals surface area contributed by atoms with Crippen LogP contribution in [-0.2, 0) is 17.8 Å². The summed E-state index contributed by atoms with van der Waals surface area (Å²) >= 11 is 0. The van der Waals surface area contributed by atoms with E-state index in [4.69, 9.17) is 5.73 Å². The van der Waals surface area contributed by atoms with Crippen LogP contribution in [0.4, 0.5) is 5.69 Å². The van der Waals surface area contributed by atoms with Crippen LogP contribution in [0.15, 0.2) is 42.7 Å². The first kappa shape index (κ1) is 13.1. The zero-order valence-electron chi connectivity index (χ0n) is 10.9. The van der Waals surface area contributed by atoms with Crippen LogP contribution in [0.25, 0.3) is 0 Å². The molecule has 1 heterocycles. The average Bonchev–Trinajstić information content (AvgIpc) is 2.81. The third-order valence-electron chi connectivity index (χ3n) is 2.74. The van der Waals surface area contributed by atoms with Crippen molar-refractivity contribution in [3.8, 4) is 0 Å². The fourth-order valence-corrected chi connectivity index (χ4v) is 1.95. The molecule has 0 spiro atoms. The predicted octanol–water partition coefficient (Wildman–Crippen LogP) is 1.21. The average molecular weight is 258 g/mol. The summed E-state index contributed by atoms with van der Waals surface area (Å²) in [6.07, 6.45) is 3.94. The van der Waals surface area contributed by atoms with E-state index in [9.17, 15) is 4.79 Å². The van der Waals surface area contributed by atoms with Crippen molar-refractivity contribution in [2.45, 2.75) is 25.9 Å². The van der Waals surface area contributed by atoms with Crippen molar-refractivity contribution in [3.05, 3.63) is 48.3 Å². The minimum atomic E-state index is -0.00902. The first-order chi connectivity index (χ1) is 9.13. The number of hydrogen-bond acceptors (Lipinski definition) is 3. The highest BCUT2D eigenvalue weighted by atomic mass is 16.1. The van der Waals surface area contributed by atoms with Gasteiger partial charge in [0.2, 0.25) is 5.91 Å². The first-order valence-electron chi connectivity index (χ1n) is 6.24. The van der Waals surface area contributed by atoms with Crippen LogP contribution >= 0.6 is 0 Å². The summed E-state index contributed by atoms with van der Waals surface area (Å²) in [5.74, 6) is -0.00902. The predicted molar refractivity (Wildman–Crippen MR) is 74.4 cm³/mol. The van der Waals surface area contributed by atoms with Crippen LogP contribution in [0.2, 0.25) is 0 Å². The third kappa shape index (κ3) is 4.13. The van der Waals surface area contributed by atoms with E-state index in [2.05, 4.69) is 10.4 Å². The molecule has 0 aliphatic heterocycles. The van der Waals surface area contributed by atoms with E-state index in [1.165, 1.54) is 0 Å². The molecule has 0 fully saturated rings. The second kappa shape index (κ2) is 6.04. The fourth-order valence-electron chi connectivity index (χ4n) is 1.95. The Kier molecular flexibility index (Phi) is 4.18. The third-order valence-corrected chi connectivity index (χ3v) is 2.74. The number of amides is 1. The summed E-state index contributed by atoms with van der Waals surface area (Å²) in [6, 6.07) is 9.27. The number of nitrogens with two attached hydrogens (primary N) is 1. The molecule has 0 saturated heterocycles. The molecule has 0 radical (unpaired) electrons. The highest BCUT2D eigenvalue weighted by Gasteiger charge is 2.09. The number of anilines is 1. The monoisotopic (exact) mass is 258 g/mol. The van der Waals surface area contributed by atoms with Gasteiger partial charge in [-0.3, -0.25) is 9.48 Å². The lowest BCUT2D eigenvalue weighted by Crippen LogP contribution is -2.36. The Morgan fingerprint density at radius 3 is 3.00 bits per heavy atom. The van der Waals surface area contributed by atoms with Crippen molar-refractivity contribution >= 4 is 11.6 Å². The molecule has 1 unspecified atom stereocenters. The minimum absolute atomic E-state index is 0.00902. The van der Waals surface area contributed by atoms with E-state index in [0.29, 0.717) is 18.7 Å². The van der Waals surface area contributed by atoms with Crippen molar-refractivity contribution in [1.29, 1.82) is 0 Å². The molecule has 0 aliphatic carbocycles. The van der Waals surface area contributed by atoms with Crippen molar-refractivity contribution in [2.24, 2.45) is 0 Å². The van der Waals surface area contributed by atoms with Gasteiger partial charge in [0.25, 0.3) is 0 Å². The topological polar surface area (TPSA) is 72.9 Å². The molecule has 1 atom stereocenters. The SMILES string of the molecule is CC(Cn1cccn1)NC(=O)Cc1cccc(N)c1. The van der Waals surface area contributed by atoms with E-state index in [0.717, 1.165) is 5.56 Å². The van der Waals surface area contributed by atoms with E-state index in [1.807, 2.05) is 43.5 Å². The van der Waals surface area contributed by atoms with Gasteiger partial charge in [0, 0.05) is 24.1 Å². The highest BCUT2D eigenvalue weighted by Crippen LogP contribution is 2.07. The summed E-state index contributed by atoms with van der Waals surface area (Å²) in [7, 11) is 0. The molecular weight excluding hydrogens is 240 g/mol. The number of rotatable bonds is 5. The van der Waals surface area contributed by atoms with Gasteiger partial charge in [0.15, 0.2) is 0 Å². The molecule has 0 saturated carbocycles. The summed E-state index contributed by atoms with van der Waals surface area (Å²) in [5.41, 5.74) is 7.28. The molecule has 3 N–H and O–H groups in total. The Bertz CT molecular complexity index is 536. The van der Waals surface area contributed by atoms with Crippen LogP contribution in [0.5, 0.6) is 0 Å². The van der Waals surface area contributed by atoms with Crippen LogP contribution in [0.3, 0.4) is 0 Å². The standard InChI is InChI=1S/C14H18N4O/c1-11(10-18-7-3-6-16-18)17-14(19)9-12-4-2-5-13(15)8-12/h2-8,11H,9-10,15H2,1H3,(H,17,19). The van der Waals surface area contributed by atoms with Crippen molar-refractivity contribution < 1.29 is 4.79 Å². The van der Waals surface area contributed by atoms with Crippen LogP contribution in [0, 0.1) is 0 Å². The Morgan fingerprint density at radius 1 is 1.47 bits per heavy atom. The normalized spacial score (nSPS) is 12.1. The maximum atomic E-state index is 11.9. The number of carbonyl (C=O) groups excluding carboxylic acids is 1. The zero-order valence-corrected chi connectivity index (χ0v) is 10.9. The Morgan fingerprint density at radius 2 is 2.32 bits per heavy atom. The minimum Gasteiger partial charge on any atom is -0.399 e. The lowest BCUT2D eigenvalue weighted by molar-refractivity contribution is -0.121. The smallest absolute Gasteiger partial charge is 0.224 e. The van der Waals surface area contributed by atoms with E-state index in [1.54, 1.807) is 10.9 Å². The number of benzene rings is 1. The van der Waals surface area contributed by atoms with Crippen LogP contribution in [-0.4, -0.2) is 21.7 Å². The van der Waals surface area contributed by atoms with E-state index in [-0.39, 0.29) is 11.9 Å². The molecule has 0 bridgehead atoms. The Hall–Kier alpha value is -2.30.